The number of nitrogens with one attached hydrogen (secondary N) is 1. The number of aromatic carboxylic acids is 1. The predicted octanol–water partition coefficient (Wildman–Crippen LogP) is 3.69. The van der Waals surface area contributed by atoms with E-state index in [1.54, 1.807) is 30.3 Å². The molecule has 35 heavy (non-hydrogen) atoms. The number of carboxylic acids is 1. The second kappa shape index (κ2) is 12.0. The highest BCUT2D eigenvalue weighted by atomic mass is 35.5. The van der Waals surface area contributed by atoms with E-state index in [9.17, 15) is 23.8 Å². The summed E-state index contributed by atoms with van der Waals surface area (Å²) in [5.74, 6) is -0.604. The van der Waals surface area contributed by atoms with E-state index in [-0.39, 0.29) is 23.5 Å². The zero-order valence-corrected chi connectivity index (χ0v) is 20.3. The fourth-order valence-electron chi connectivity index (χ4n) is 3.29. The Balaban J connectivity index is 1.50. The second-order valence-electron chi connectivity index (χ2n) is 7.57. The van der Waals surface area contributed by atoms with Crippen molar-refractivity contribution in [3.63, 3.8) is 0 Å². The SMILES string of the molecule is CN(c1cc(C(O)CNCCOc2ccc(-c3ccc(C(=O)O)cc3)c(Cl)c2)ccc1O)S(=O)O. The molecule has 3 aromatic carbocycles. The van der Waals surface area contributed by atoms with Gasteiger partial charge in [-0.15, -0.1) is 0 Å². The largest absolute Gasteiger partial charge is 0.506 e. The minimum atomic E-state index is -2.31. The first kappa shape index (κ1) is 26.5. The Labute approximate surface area is 210 Å². The third-order valence-corrected chi connectivity index (χ3v) is 6.20. The number of aliphatic hydroxyl groups is 1. The van der Waals surface area contributed by atoms with Crippen LogP contribution in [-0.2, 0) is 11.3 Å². The van der Waals surface area contributed by atoms with Crippen LogP contribution in [0.25, 0.3) is 11.1 Å². The standard InChI is InChI=1S/C24H25ClN2O7S/c1-27(35(32)33)21-12-17(6-9-22(21)28)23(29)14-26-10-11-34-18-7-8-19(20(25)13-18)15-2-4-16(5-3-15)24(30)31/h2-9,12-13,23,26,28-29H,10-11,14H2,1H3,(H,30,31)(H,32,33). The third kappa shape index (κ3) is 6.93. The van der Waals surface area contributed by atoms with Gasteiger partial charge in [0, 0.05) is 25.7 Å². The van der Waals surface area contributed by atoms with Crippen molar-refractivity contribution in [2.45, 2.75) is 6.10 Å². The van der Waals surface area contributed by atoms with E-state index in [1.807, 2.05) is 0 Å². The van der Waals surface area contributed by atoms with Crippen LogP contribution >= 0.6 is 11.6 Å². The summed E-state index contributed by atoms with van der Waals surface area (Å²) >= 11 is 4.07. The topological polar surface area (TPSA) is 140 Å². The normalized spacial score (nSPS) is 12.7. The maximum atomic E-state index is 11.2. The predicted molar refractivity (Wildman–Crippen MR) is 134 cm³/mol. The summed E-state index contributed by atoms with van der Waals surface area (Å²) in [7, 11) is 1.35. The number of phenols is 1. The van der Waals surface area contributed by atoms with E-state index in [1.165, 1.54) is 37.4 Å². The number of carboxylic acid groups (broad SMARTS) is 1. The van der Waals surface area contributed by atoms with E-state index in [4.69, 9.17) is 21.4 Å². The van der Waals surface area contributed by atoms with Gasteiger partial charge in [-0.05, 0) is 53.6 Å². The van der Waals surface area contributed by atoms with Crippen molar-refractivity contribution in [1.82, 2.24) is 5.32 Å². The first-order chi connectivity index (χ1) is 16.7. The Morgan fingerprint density at radius 3 is 2.49 bits per heavy atom. The Hall–Kier alpha value is -3.15. The lowest BCUT2D eigenvalue weighted by molar-refractivity contribution is 0.0697. The van der Waals surface area contributed by atoms with Crippen LogP contribution in [-0.4, -0.2) is 56.8 Å². The van der Waals surface area contributed by atoms with Crippen molar-refractivity contribution in [2.24, 2.45) is 0 Å². The first-order valence-corrected chi connectivity index (χ1v) is 11.9. The van der Waals surface area contributed by atoms with Crippen molar-refractivity contribution in [3.8, 4) is 22.6 Å². The number of ether oxygens (including phenoxy) is 1. The van der Waals surface area contributed by atoms with Crippen molar-refractivity contribution in [2.75, 3.05) is 31.0 Å². The Bertz CT molecular complexity index is 1210. The number of hydrogen-bond donors (Lipinski definition) is 5. The lowest BCUT2D eigenvalue weighted by Crippen LogP contribution is -2.26. The Kier molecular flexibility index (Phi) is 9.07. The van der Waals surface area contributed by atoms with Gasteiger partial charge < -0.3 is 25.4 Å². The van der Waals surface area contributed by atoms with Gasteiger partial charge in [-0.1, -0.05) is 29.8 Å². The molecule has 3 rings (SSSR count). The molecular formula is C24H25ClN2O7S. The van der Waals surface area contributed by atoms with Crippen molar-refractivity contribution < 1.29 is 33.6 Å². The molecule has 0 radical (unpaired) electrons. The summed E-state index contributed by atoms with van der Waals surface area (Å²) in [6, 6.07) is 16.0. The van der Waals surface area contributed by atoms with Gasteiger partial charge in [0.25, 0.3) is 11.3 Å². The van der Waals surface area contributed by atoms with Gasteiger partial charge in [0.05, 0.1) is 22.4 Å². The van der Waals surface area contributed by atoms with Crippen LogP contribution in [0.3, 0.4) is 0 Å². The number of nitrogens with zero attached hydrogens (tertiary/aromatic N) is 1. The van der Waals surface area contributed by atoms with E-state index in [0.717, 1.165) is 15.4 Å². The number of anilines is 1. The number of phenolic OH excluding ortho intramolecular Hbond substituents is 1. The number of aliphatic hydroxyl groups excluding tert-OH is 1. The first-order valence-electron chi connectivity index (χ1n) is 10.5. The molecule has 0 aliphatic carbocycles. The number of hydrogen-bond acceptors (Lipinski definition) is 6. The quantitative estimate of drug-likeness (QED) is 0.190. The summed E-state index contributed by atoms with van der Waals surface area (Å²) in [5.41, 5.74) is 2.34. The van der Waals surface area contributed by atoms with Crippen LogP contribution < -0.4 is 14.4 Å². The average molecular weight is 521 g/mol. The molecule has 5 N–H and O–H groups in total. The third-order valence-electron chi connectivity index (χ3n) is 5.23. The minimum absolute atomic E-state index is 0.129. The van der Waals surface area contributed by atoms with Crippen molar-refractivity contribution >= 4 is 34.5 Å². The molecule has 0 aliphatic heterocycles. The zero-order chi connectivity index (χ0) is 25.5. The highest BCUT2D eigenvalue weighted by Crippen LogP contribution is 2.32. The van der Waals surface area contributed by atoms with Crippen molar-refractivity contribution in [1.29, 1.82) is 0 Å². The molecule has 11 heteroatoms. The Morgan fingerprint density at radius 2 is 1.86 bits per heavy atom. The molecule has 186 valence electrons. The van der Waals surface area contributed by atoms with Crippen LogP contribution in [0.1, 0.15) is 22.0 Å². The van der Waals surface area contributed by atoms with Crippen LogP contribution in [0.2, 0.25) is 5.02 Å². The summed E-state index contributed by atoms with van der Waals surface area (Å²) < 4.78 is 27.1. The highest BCUT2D eigenvalue weighted by Gasteiger charge is 2.15. The fraction of sp³-hybridized carbons (Fsp3) is 0.208. The van der Waals surface area contributed by atoms with Gasteiger partial charge >= 0.3 is 5.97 Å². The molecule has 0 amide bonds. The molecule has 0 spiro atoms. The molecule has 0 fully saturated rings. The van der Waals surface area contributed by atoms with Gasteiger partial charge in [-0.2, -0.15) is 0 Å². The number of benzene rings is 3. The van der Waals surface area contributed by atoms with Gasteiger partial charge in [0.15, 0.2) is 0 Å². The molecule has 2 unspecified atom stereocenters. The molecule has 0 aliphatic rings. The van der Waals surface area contributed by atoms with Crippen LogP contribution in [0, 0.1) is 0 Å². The van der Waals surface area contributed by atoms with Gasteiger partial charge in [0.1, 0.15) is 18.1 Å². The van der Waals surface area contributed by atoms with Crippen LogP contribution in [0.15, 0.2) is 60.7 Å². The summed E-state index contributed by atoms with van der Waals surface area (Å²) in [6.07, 6.45) is -0.906. The second-order valence-corrected chi connectivity index (χ2v) is 8.99. The number of carbonyl (C=O) groups is 1. The summed E-state index contributed by atoms with van der Waals surface area (Å²) in [4.78, 5) is 11.0. The van der Waals surface area contributed by atoms with Crippen molar-refractivity contribution in [3.05, 3.63) is 76.8 Å². The number of rotatable bonds is 11. The zero-order valence-electron chi connectivity index (χ0n) is 18.7. The average Bonchev–Trinajstić information content (AvgIpc) is 2.83. The van der Waals surface area contributed by atoms with Gasteiger partial charge in [-0.25, -0.2) is 9.00 Å². The van der Waals surface area contributed by atoms with E-state index < -0.39 is 23.3 Å². The molecule has 0 saturated heterocycles. The number of halogens is 1. The van der Waals surface area contributed by atoms with E-state index in [2.05, 4.69) is 5.32 Å². The van der Waals surface area contributed by atoms with Crippen LogP contribution in [0.4, 0.5) is 5.69 Å². The fourth-order valence-corrected chi connectivity index (χ4v) is 3.89. The van der Waals surface area contributed by atoms with Gasteiger partial charge in [0.2, 0.25) is 0 Å². The summed E-state index contributed by atoms with van der Waals surface area (Å²) in [6.45, 7) is 0.937. The molecule has 9 nitrogen and oxygen atoms in total. The van der Waals surface area contributed by atoms with Gasteiger partial charge in [-0.3, -0.25) is 8.86 Å². The Morgan fingerprint density at radius 1 is 1.14 bits per heavy atom. The maximum Gasteiger partial charge on any atom is 0.335 e. The molecule has 2 atom stereocenters. The molecule has 3 aromatic rings. The smallest absolute Gasteiger partial charge is 0.335 e. The molecule has 0 bridgehead atoms. The lowest BCUT2D eigenvalue weighted by atomic mass is 10.0. The van der Waals surface area contributed by atoms with Crippen LogP contribution in [0.5, 0.6) is 11.5 Å². The monoisotopic (exact) mass is 520 g/mol. The highest BCUT2D eigenvalue weighted by molar-refractivity contribution is 7.80. The lowest BCUT2D eigenvalue weighted by Gasteiger charge is -2.18. The maximum absolute atomic E-state index is 11.2. The van der Waals surface area contributed by atoms with E-state index in [0.29, 0.717) is 29.5 Å². The number of aromatic hydroxyl groups is 1. The van der Waals surface area contributed by atoms with E-state index >= 15 is 0 Å². The molecule has 0 saturated carbocycles. The molecule has 0 heterocycles. The molecule has 0 aromatic heterocycles. The molecular weight excluding hydrogens is 496 g/mol. The summed E-state index contributed by atoms with van der Waals surface area (Å²) in [5, 5.41) is 32.8. The minimum Gasteiger partial charge on any atom is -0.506 e.